The highest BCUT2D eigenvalue weighted by Crippen LogP contribution is 2.34. The predicted octanol–water partition coefficient (Wildman–Crippen LogP) is 1.75. The minimum absolute atomic E-state index is 0.390. The van der Waals surface area contributed by atoms with Crippen molar-refractivity contribution in [1.29, 1.82) is 0 Å². The second-order valence-corrected chi connectivity index (χ2v) is 5.10. The van der Waals surface area contributed by atoms with Crippen LogP contribution in [0, 0.1) is 5.92 Å². The molecular formula is C13H19F2N3O2. The first-order chi connectivity index (χ1) is 9.40. The van der Waals surface area contributed by atoms with Crippen LogP contribution in [0.15, 0.2) is 12.4 Å². The molecule has 1 amide bonds. The number of alkyl halides is 2. The monoisotopic (exact) mass is 287 g/mol. The van der Waals surface area contributed by atoms with Crippen LogP contribution < -0.4 is 5.32 Å². The maximum Gasteiger partial charge on any atom is 0.262 e. The van der Waals surface area contributed by atoms with Crippen LogP contribution in [0.4, 0.5) is 8.78 Å². The number of halogens is 2. The highest BCUT2D eigenvalue weighted by molar-refractivity contribution is 5.79. The molecule has 1 aliphatic heterocycles. The number of aryl methyl sites for hydroxylation is 1. The van der Waals surface area contributed by atoms with E-state index in [0.29, 0.717) is 13.0 Å². The van der Waals surface area contributed by atoms with E-state index in [0.717, 1.165) is 19.0 Å². The van der Waals surface area contributed by atoms with Crippen molar-refractivity contribution >= 4 is 5.91 Å². The van der Waals surface area contributed by atoms with E-state index in [9.17, 15) is 13.6 Å². The van der Waals surface area contributed by atoms with Gasteiger partial charge in [0.2, 0.25) is 5.91 Å². The molecule has 2 heterocycles. The van der Waals surface area contributed by atoms with Crippen molar-refractivity contribution in [3.8, 4) is 0 Å². The molecule has 0 spiro atoms. The van der Waals surface area contributed by atoms with Crippen molar-refractivity contribution in [2.45, 2.75) is 38.8 Å². The minimum atomic E-state index is -2.91. The maximum atomic E-state index is 12.8. The van der Waals surface area contributed by atoms with Crippen molar-refractivity contribution in [2.75, 3.05) is 13.2 Å². The fourth-order valence-corrected chi connectivity index (χ4v) is 2.26. The smallest absolute Gasteiger partial charge is 0.262 e. The second-order valence-electron chi connectivity index (χ2n) is 5.10. The summed E-state index contributed by atoms with van der Waals surface area (Å²) in [5, 5.41) is 6.43. The van der Waals surface area contributed by atoms with Crippen molar-refractivity contribution in [1.82, 2.24) is 15.1 Å². The first kappa shape index (κ1) is 14.9. The van der Waals surface area contributed by atoms with Crippen molar-refractivity contribution in [3.05, 3.63) is 18.0 Å². The molecule has 5 nitrogen and oxygen atoms in total. The van der Waals surface area contributed by atoms with Crippen molar-refractivity contribution in [2.24, 2.45) is 5.92 Å². The fraction of sp³-hybridized carbons (Fsp3) is 0.692. The molecule has 1 aliphatic rings. The van der Waals surface area contributed by atoms with Crippen LogP contribution in [-0.2, 0) is 16.1 Å². The molecule has 0 aliphatic carbocycles. The van der Waals surface area contributed by atoms with Gasteiger partial charge in [-0.3, -0.25) is 9.48 Å². The van der Waals surface area contributed by atoms with Crippen LogP contribution in [0.25, 0.3) is 0 Å². The van der Waals surface area contributed by atoms with Crippen LogP contribution in [0.5, 0.6) is 0 Å². The zero-order valence-electron chi connectivity index (χ0n) is 11.6. The number of carbonyl (C=O) groups is 1. The molecule has 0 unspecified atom stereocenters. The molecule has 112 valence electrons. The third-order valence-corrected chi connectivity index (χ3v) is 3.31. The van der Waals surface area contributed by atoms with Crippen LogP contribution in [-0.4, -0.2) is 34.8 Å². The van der Waals surface area contributed by atoms with Crippen molar-refractivity contribution < 1.29 is 18.3 Å². The number of hydrogen-bond acceptors (Lipinski definition) is 3. The van der Waals surface area contributed by atoms with E-state index in [4.69, 9.17) is 4.74 Å². The number of amides is 1. The Bertz CT molecular complexity index is 470. The van der Waals surface area contributed by atoms with Gasteiger partial charge in [0.15, 0.2) is 0 Å². The van der Waals surface area contributed by atoms with E-state index in [2.05, 4.69) is 10.4 Å². The summed E-state index contributed by atoms with van der Waals surface area (Å²) in [5.74, 6) is -3.73. The number of ether oxygens (including phenoxy) is 1. The Morgan fingerprint density at radius 1 is 1.65 bits per heavy atom. The average Bonchev–Trinajstić information content (AvgIpc) is 3.02. The van der Waals surface area contributed by atoms with Crippen LogP contribution >= 0.6 is 0 Å². The lowest BCUT2D eigenvalue weighted by Crippen LogP contribution is -2.39. The average molecular weight is 287 g/mol. The van der Waals surface area contributed by atoms with E-state index in [-0.39, 0.29) is 0 Å². The first-order valence-corrected chi connectivity index (χ1v) is 6.70. The fourth-order valence-electron chi connectivity index (χ4n) is 2.26. The molecule has 1 aromatic heterocycles. The van der Waals surface area contributed by atoms with Gasteiger partial charge in [-0.25, -0.2) is 8.78 Å². The summed E-state index contributed by atoms with van der Waals surface area (Å²) in [6.45, 7) is 3.26. The Morgan fingerprint density at radius 3 is 3.00 bits per heavy atom. The number of rotatable bonds is 5. The van der Waals surface area contributed by atoms with Gasteiger partial charge in [-0.2, -0.15) is 5.10 Å². The third-order valence-electron chi connectivity index (χ3n) is 3.31. The lowest BCUT2D eigenvalue weighted by atomic mass is 9.96. The number of nitrogens with zero attached hydrogens (tertiary/aromatic N) is 2. The van der Waals surface area contributed by atoms with Gasteiger partial charge in [0.1, 0.15) is 0 Å². The van der Waals surface area contributed by atoms with Gasteiger partial charge in [0, 0.05) is 31.8 Å². The number of nitrogens with one attached hydrogen (secondary N) is 1. The summed E-state index contributed by atoms with van der Waals surface area (Å²) in [4.78, 5) is 12.0. The molecule has 1 saturated heterocycles. The van der Waals surface area contributed by atoms with Gasteiger partial charge in [0.25, 0.3) is 5.92 Å². The molecule has 20 heavy (non-hydrogen) atoms. The molecule has 2 rings (SSSR count). The number of hydrogen-bond donors (Lipinski definition) is 1. The van der Waals surface area contributed by atoms with E-state index in [1.807, 2.05) is 13.1 Å². The maximum absolute atomic E-state index is 12.8. The zero-order chi connectivity index (χ0) is 14.8. The summed E-state index contributed by atoms with van der Waals surface area (Å²) in [6, 6.07) is 0. The highest BCUT2D eigenvalue weighted by Gasteiger charge is 2.36. The number of aromatic nitrogens is 2. The van der Waals surface area contributed by atoms with Gasteiger partial charge in [0.05, 0.1) is 24.8 Å². The Morgan fingerprint density at radius 2 is 2.40 bits per heavy atom. The normalized spacial score (nSPS) is 23.0. The molecule has 0 saturated carbocycles. The summed E-state index contributed by atoms with van der Waals surface area (Å²) < 4.78 is 32.9. The van der Waals surface area contributed by atoms with Crippen LogP contribution in [0.2, 0.25) is 0 Å². The summed E-state index contributed by atoms with van der Waals surface area (Å²) in [6.07, 6.45) is 3.61. The second kappa shape index (κ2) is 5.87. The van der Waals surface area contributed by atoms with Crippen LogP contribution in [0.1, 0.15) is 31.9 Å². The highest BCUT2D eigenvalue weighted by atomic mass is 19.3. The Hall–Kier alpha value is -1.50. The van der Waals surface area contributed by atoms with E-state index in [1.54, 1.807) is 10.9 Å². The molecule has 0 bridgehead atoms. The van der Waals surface area contributed by atoms with Crippen molar-refractivity contribution in [3.63, 3.8) is 0 Å². The minimum Gasteiger partial charge on any atom is -0.373 e. The predicted molar refractivity (Wildman–Crippen MR) is 68.3 cm³/mol. The molecule has 0 aromatic carbocycles. The molecule has 2 atom stereocenters. The van der Waals surface area contributed by atoms with E-state index in [1.165, 1.54) is 0 Å². The SMILES string of the molecule is CCn1cc([C@H]2OCC[C@@H]2C(=O)NCC(C)(F)F)cn1. The molecule has 0 radical (unpaired) electrons. The Balaban J connectivity index is 2.01. The topological polar surface area (TPSA) is 56.1 Å². The molecule has 1 N–H and O–H groups in total. The molecule has 7 heteroatoms. The van der Waals surface area contributed by atoms with Gasteiger partial charge < -0.3 is 10.1 Å². The molecule has 1 fully saturated rings. The Labute approximate surface area is 116 Å². The van der Waals surface area contributed by atoms with Gasteiger partial charge in [-0.1, -0.05) is 0 Å². The zero-order valence-corrected chi connectivity index (χ0v) is 11.6. The van der Waals surface area contributed by atoms with Gasteiger partial charge in [-0.15, -0.1) is 0 Å². The lowest BCUT2D eigenvalue weighted by molar-refractivity contribution is -0.128. The van der Waals surface area contributed by atoms with Gasteiger partial charge in [-0.05, 0) is 13.3 Å². The number of carbonyl (C=O) groups excluding carboxylic acids is 1. The third kappa shape index (κ3) is 3.53. The van der Waals surface area contributed by atoms with E-state index >= 15 is 0 Å². The summed E-state index contributed by atoms with van der Waals surface area (Å²) in [5.41, 5.74) is 0.813. The standard InChI is InChI=1S/C13H19F2N3O2/c1-3-18-7-9(6-17-18)11-10(4-5-20-11)12(19)16-8-13(2,14)15/h6-7,10-11H,3-5,8H2,1-2H3,(H,16,19)/t10-,11+/m0/s1. The first-order valence-electron chi connectivity index (χ1n) is 6.70. The largest absolute Gasteiger partial charge is 0.373 e. The Kier molecular flexibility index (Phi) is 4.37. The van der Waals surface area contributed by atoms with Crippen LogP contribution in [0.3, 0.4) is 0 Å². The van der Waals surface area contributed by atoms with Gasteiger partial charge >= 0.3 is 0 Å². The summed E-state index contributed by atoms with van der Waals surface area (Å²) >= 11 is 0. The quantitative estimate of drug-likeness (QED) is 0.897. The summed E-state index contributed by atoms with van der Waals surface area (Å²) in [7, 11) is 0. The lowest BCUT2D eigenvalue weighted by Gasteiger charge is -2.18. The van der Waals surface area contributed by atoms with E-state index < -0.39 is 30.4 Å². The molecular weight excluding hydrogens is 268 g/mol. The molecule has 1 aromatic rings.